The highest BCUT2D eigenvalue weighted by atomic mass is 32.1. The maximum absolute atomic E-state index is 15.0. The van der Waals surface area contributed by atoms with E-state index in [0.29, 0.717) is 23.3 Å². The molecule has 0 saturated heterocycles. The largest absolute Gasteiger partial charge is 0.493 e. The van der Waals surface area contributed by atoms with Crippen LogP contribution in [0.5, 0.6) is 17.2 Å². The van der Waals surface area contributed by atoms with Crippen LogP contribution in [-0.4, -0.2) is 34.3 Å². The number of carboxylic acids is 1. The van der Waals surface area contributed by atoms with Crippen LogP contribution in [0, 0.1) is 11.6 Å². The number of rotatable bonds is 6. The standard InChI is InChI=1S/C23H16F2N2O7S/c1-32-16-6-13(25)15(27-21(28)18-14(26-23(27)31)9-35-20(18)22(29)30)7-17(16)34-8-11-12(24)3-2-10-4-5-33-19(10)11/h2-3,6-7,9H,4-5,8H2,1H3,(H,26,31)(H,29,30). The van der Waals surface area contributed by atoms with E-state index in [1.165, 1.54) is 18.6 Å². The molecule has 4 aromatic rings. The Bertz CT molecular complexity index is 1620. The summed E-state index contributed by atoms with van der Waals surface area (Å²) in [6.45, 7) is 0.110. The van der Waals surface area contributed by atoms with Crippen LogP contribution in [0.25, 0.3) is 16.6 Å². The predicted octanol–water partition coefficient (Wildman–Crippen LogP) is 3.24. The monoisotopic (exact) mass is 502 g/mol. The predicted molar refractivity (Wildman–Crippen MR) is 121 cm³/mol. The molecule has 0 amide bonds. The number of ether oxygens (including phenoxy) is 3. The molecule has 2 aromatic heterocycles. The summed E-state index contributed by atoms with van der Waals surface area (Å²) in [6.07, 6.45) is 0.627. The molecular weight excluding hydrogens is 486 g/mol. The molecule has 35 heavy (non-hydrogen) atoms. The maximum Gasteiger partial charge on any atom is 0.346 e. The molecule has 2 aromatic carbocycles. The molecule has 2 N–H and O–H groups in total. The summed E-state index contributed by atoms with van der Waals surface area (Å²) in [4.78, 5) is 39.4. The molecule has 1 aliphatic rings. The minimum Gasteiger partial charge on any atom is -0.493 e. The van der Waals surface area contributed by atoms with E-state index in [-0.39, 0.29) is 39.4 Å². The van der Waals surface area contributed by atoms with Crippen molar-refractivity contribution in [2.24, 2.45) is 0 Å². The Balaban J connectivity index is 1.62. The van der Waals surface area contributed by atoms with Gasteiger partial charge < -0.3 is 24.3 Å². The summed E-state index contributed by atoms with van der Waals surface area (Å²) >= 11 is 0.759. The first-order chi connectivity index (χ1) is 16.8. The van der Waals surface area contributed by atoms with Crippen LogP contribution in [0.2, 0.25) is 0 Å². The fourth-order valence-corrected chi connectivity index (χ4v) is 4.79. The molecule has 0 atom stereocenters. The Labute approximate surface area is 198 Å². The van der Waals surface area contributed by atoms with Gasteiger partial charge in [0, 0.05) is 23.9 Å². The van der Waals surface area contributed by atoms with E-state index in [4.69, 9.17) is 14.2 Å². The van der Waals surface area contributed by atoms with Gasteiger partial charge in [-0.3, -0.25) is 4.79 Å². The topological polar surface area (TPSA) is 120 Å². The number of thiophene rings is 1. The number of fused-ring (bicyclic) bond motifs is 2. The summed E-state index contributed by atoms with van der Waals surface area (Å²) in [7, 11) is 1.26. The van der Waals surface area contributed by atoms with Crippen LogP contribution in [-0.2, 0) is 13.0 Å². The van der Waals surface area contributed by atoms with Gasteiger partial charge in [-0.2, -0.15) is 0 Å². The number of aromatic amines is 1. The Morgan fingerprint density at radius 1 is 1.23 bits per heavy atom. The Morgan fingerprint density at radius 2 is 2.03 bits per heavy atom. The van der Waals surface area contributed by atoms with Crippen LogP contribution in [0.1, 0.15) is 20.8 Å². The molecule has 0 bridgehead atoms. The highest BCUT2D eigenvalue weighted by molar-refractivity contribution is 7.13. The van der Waals surface area contributed by atoms with Crippen molar-refractivity contribution in [2.45, 2.75) is 13.0 Å². The molecule has 0 fully saturated rings. The SMILES string of the molecule is COc1cc(F)c(-n2c(=O)[nH]c3csc(C(=O)O)c3c2=O)cc1OCc1c(F)ccc2c1OCC2. The molecule has 0 radical (unpaired) electrons. The lowest BCUT2D eigenvalue weighted by molar-refractivity contribution is 0.0704. The highest BCUT2D eigenvalue weighted by Gasteiger charge is 2.24. The average Bonchev–Trinajstić information content (AvgIpc) is 3.47. The maximum atomic E-state index is 15.0. The first kappa shape index (κ1) is 22.6. The number of halogens is 2. The van der Waals surface area contributed by atoms with Crippen molar-refractivity contribution >= 4 is 28.2 Å². The molecule has 12 heteroatoms. The third-order valence-corrected chi connectivity index (χ3v) is 6.56. The number of H-pyrrole nitrogens is 1. The fraction of sp³-hybridized carbons (Fsp3) is 0.174. The molecule has 180 valence electrons. The molecule has 0 unspecified atom stereocenters. The number of carboxylic acid groups (broad SMARTS) is 1. The number of nitrogens with one attached hydrogen (secondary N) is 1. The minimum atomic E-state index is -1.36. The van der Waals surface area contributed by atoms with Crippen LogP contribution < -0.4 is 25.5 Å². The van der Waals surface area contributed by atoms with Gasteiger partial charge in [0.05, 0.1) is 35.9 Å². The molecule has 3 heterocycles. The van der Waals surface area contributed by atoms with E-state index < -0.39 is 34.5 Å². The first-order valence-electron chi connectivity index (χ1n) is 10.2. The Kier molecular flexibility index (Phi) is 5.52. The van der Waals surface area contributed by atoms with Gasteiger partial charge >= 0.3 is 11.7 Å². The average molecular weight is 502 g/mol. The smallest absolute Gasteiger partial charge is 0.346 e. The van der Waals surface area contributed by atoms with Gasteiger partial charge in [-0.25, -0.2) is 22.9 Å². The lowest BCUT2D eigenvalue weighted by atomic mass is 10.1. The van der Waals surface area contributed by atoms with Gasteiger partial charge in [-0.1, -0.05) is 6.07 Å². The number of aromatic carboxylic acids is 1. The molecule has 0 spiro atoms. The van der Waals surface area contributed by atoms with Crippen molar-refractivity contribution in [3.05, 3.63) is 78.1 Å². The zero-order valence-corrected chi connectivity index (χ0v) is 18.8. The highest BCUT2D eigenvalue weighted by Crippen LogP contribution is 2.35. The van der Waals surface area contributed by atoms with Crippen molar-refractivity contribution < 1.29 is 32.9 Å². The van der Waals surface area contributed by atoms with E-state index >= 15 is 4.39 Å². The van der Waals surface area contributed by atoms with Crippen molar-refractivity contribution in [1.29, 1.82) is 0 Å². The second kappa shape index (κ2) is 8.55. The van der Waals surface area contributed by atoms with Gasteiger partial charge in [0.25, 0.3) is 5.56 Å². The third kappa shape index (κ3) is 3.71. The van der Waals surface area contributed by atoms with Crippen molar-refractivity contribution in [1.82, 2.24) is 9.55 Å². The summed E-state index contributed by atoms with van der Waals surface area (Å²) < 4.78 is 46.4. The van der Waals surface area contributed by atoms with E-state index in [2.05, 4.69) is 4.98 Å². The van der Waals surface area contributed by atoms with Crippen LogP contribution in [0.3, 0.4) is 0 Å². The van der Waals surface area contributed by atoms with Crippen LogP contribution in [0.4, 0.5) is 8.78 Å². The summed E-state index contributed by atoms with van der Waals surface area (Å²) in [6, 6.07) is 4.90. The van der Waals surface area contributed by atoms with Gasteiger partial charge in [0.15, 0.2) is 17.3 Å². The zero-order chi connectivity index (χ0) is 24.9. The lowest BCUT2D eigenvalue weighted by Crippen LogP contribution is -2.34. The second-order valence-electron chi connectivity index (χ2n) is 7.59. The number of hydrogen-bond acceptors (Lipinski definition) is 7. The van der Waals surface area contributed by atoms with Crippen LogP contribution in [0.15, 0.2) is 39.2 Å². The summed E-state index contributed by atoms with van der Waals surface area (Å²) in [5, 5.41) is 10.4. The number of hydrogen-bond donors (Lipinski definition) is 2. The number of aromatic nitrogens is 2. The molecule has 1 aliphatic heterocycles. The quantitative estimate of drug-likeness (QED) is 0.415. The third-order valence-electron chi connectivity index (χ3n) is 5.60. The van der Waals surface area contributed by atoms with E-state index in [0.717, 1.165) is 29.0 Å². The van der Waals surface area contributed by atoms with Gasteiger partial charge in [0.2, 0.25) is 0 Å². The number of benzene rings is 2. The van der Waals surface area contributed by atoms with Crippen molar-refractivity contribution in [2.75, 3.05) is 13.7 Å². The molecule has 5 rings (SSSR count). The van der Waals surface area contributed by atoms with Gasteiger partial charge in [-0.05, 0) is 11.6 Å². The van der Waals surface area contributed by atoms with Crippen molar-refractivity contribution in [3.8, 4) is 22.9 Å². The van der Waals surface area contributed by atoms with Crippen LogP contribution >= 0.6 is 11.3 Å². The second-order valence-corrected chi connectivity index (χ2v) is 8.46. The lowest BCUT2D eigenvalue weighted by Gasteiger charge is -2.15. The summed E-state index contributed by atoms with van der Waals surface area (Å²) in [5.41, 5.74) is -1.48. The van der Waals surface area contributed by atoms with E-state index in [9.17, 15) is 23.9 Å². The number of carbonyl (C=O) groups is 1. The zero-order valence-electron chi connectivity index (χ0n) is 18.0. The number of methoxy groups -OCH3 is 1. The van der Waals surface area contributed by atoms with Gasteiger partial charge in [0.1, 0.15) is 23.1 Å². The normalized spacial score (nSPS) is 12.4. The minimum absolute atomic E-state index is 0.0254. The van der Waals surface area contributed by atoms with E-state index in [1.807, 2.05) is 0 Å². The Hall–Kier alpha value is -4.19. The van der Waals surface area contributed by atoms with E-state index in [1.54, 1.807) is 6.07 Å². The molecule has 9 nitrogen and oxygen atoms in total. The Morgan fingerprint density at radius 3 is 2.77 bits per heavy atom. The molecule has 0 saturated carbocycles. The first-order valence-corrected chi connectivity index (χ1v) is 11.1. The van der Waals surface area contributed by atoms with Crippen molar-refractivity contribution in [3.63, 3.8) is 0 Å². The van der Waals surface area contributed by atoms with Gasteiger partial charge in [-0.15, -0.1) is 11.3 Å². The molecule has 0 aliphatic carbocycles. The summed E-state index contributed by atoms with van der Waals surface area (Å²) in [5.74, 6) is -2.67. The number of nitrogens with zero attached hydrogens (tertiary/aromatic N) is 1. The molecular formula is C23H16F2N2O7S. The fourth-order valence-electron chi connectivity index (χ4n) is 3.96.